The van der Waals surface area contributed by atoms with Crippen LogP contribution in [0.1, 0.15) is 0 Å². The Kier molecular flexibility index (Phi) is 4.89. The van der Waals surface area contributed by atoms with Crippen molar-refractivity contribution >= 4 is 27.1 Å². The molecule has 2 aromatic carbocycles. The first-order chi connectivity index (χ1) is 10.4. The van der Waals surface area contributed by atoms with Crippen molar-refractivity contribution in [2.75, 3.05) is 26.0 Å². The van der Waals surface area contributed by atoms with Gasteiger partial charge in [0.1, 0.15) is 0 Å². The fraction of sp³-hybridized carbons (Fsp3) is 0.200. The molecule has 0 bridgehead atoms. The zero-order valence-corrected chi connectivity index (χ0v) is 13.5. The minimum atomic E-state index is -3.42. The molecule has 0 spiro atoms. The van der Waals surface area contributed by atoms with E-state index in [9.17, 15) is 8.42 Å². The molecule has 0 fully saturated rings. The topological polar surface area (TPSA) is 74.1 Å². The average Bonchev–Trinajstić information content (AvgIpc) is 2.53. The van der Waals surface area contributed by atoms with Crippen molar-refractivity contribution in [1.82, 2.24) is 4.72 Å². The van der Waals surface area contributed by atoms with Gasteiger partial charge in [-0.15, -0.1) is 0 Å². The largest absolute Gasteiger partial charge is 0.378 e. The highest BCUT2D eigenvalue weighted by Crippen LogP contribution is 2.22. The summed E-state index contributed by atoms with van der Waals surface area (Å²) in [6.07, 6.45) is 0. The Morgan fingerprint density at radius 2 is 1.32 bits per heavy atom. The van der Waals surface area contributed by atoms with Gasteiger partial charge >= 0.3 is 0 Å². The first-order valence-corrected chi connectivity index (χ1v) is 8.13. The van der Waals surface area contributed by atoms with Gasteiger partial charge < -0.3 is 4.90 Å². The van der Waals surface area contributed by atoms with Crippen LogP contribution in [0.25, 0.3) is 0 Å². The van der Waals surface area contributed by atoms with Gasteiger partial charge in [0.15, 0.2) is 0 Å². The van der Waals surface area contributed by atoms with Crippen LogP contribution in [0, 0.1) is 0 Å². The van der Waals surface area contributed by atoms with Crippen LogP contribution in [0.4, 0.5) is 17.1 Å². The van der Waals surface area contributed by atoms with E-state index in [0.29, 0.717) is 5.69 Å². The van der Waals surface area contributed by atoms with Crippen molar-refractivity contribution in [3.05, 3.63) is 48.5 Å². The predicted molar refractivity (Wildman–Crippen MR) is 87.6 cm³/mol. The van der Waals surface area contributed by atoms with E-state index in [4.69, 9.17) is 0 Å². The van der Waals surface area contributed by atoms with Crippen LogP contribution in [0.5, 0.6) is 0 Å². The molecule has 2 rings (SSSR count). The van der Waals surface area contributed by atoms with Crippen molar-refractivity contribution in [2.24, 2.45) is 10.2 Å². The van der Waals surface area contributed by atoms with E-state index in [1.54, 1.807) is 12.1 Å². The molecular formula is C15H18N4O2S. The Balaban J connectivity index is 2.13. The molecule has 116 valence electrons. The van der Waals surface area contributed by atoms with Crippen molar-refractivity contribution in [3.63, 3.8) is 0 Å². The van der Waals surface area contributed by atoms with Crippen molar-refractivity contribution in [2.45, 2.75) is 4.90 Å². The van der Waals surface area contributed by atoms with Gasteiger partial charge in [-0.1, -0.05) is 0 Å². The number of benzene rings is 2. The molecular weight excluding hydrogens is 300 g/mol. The molecule has 7 heteroatoms. The number of rotatable bonds is 5. The standard InChI is InChI=1S/C15H18N4O2S/c1-16-22(20,21)15-10-6-13(7-11-15)18-17-12-4-8-14(9-5-12)19(2)3/h4-11,16H,1-3H3. The lowest BCUT2D eigenvalue weighted by molar-refractivity contribution is 0.588. The molecule has 0 aliphatic heterocycles. The summed E-state index contributed by atoms with van der Waals surface area (Å²) in [7, 11) is 1.89. The van der Waals surface area contributed by atoms with E-state index in [-0.39, 0.29) is 4.90 Å². The minimum absolute atomic E-state index is 0.198. The molecule has 0 saturated carbocycles. The third kappa shape index (κ3) is 3.90. The second-order valence-corrected chi connectivity index (χ2v) is 6.70. The fourth-order valence-corrected chi connectivity index (χ4v) is 2.47. The number of hydrogen-bond donors (Lipinski definition) is 1. The molecule has 22 heavy (non-hydrogen) atoms. The fourth-order valence-electron chi connectivity index (χ4n) is 1.74. The summed E-state index contributed by atoms with van der Waals surface area (Å²) in [5, 5.41) is 8.23. The van der Waals surface area contributed by atoms with Crippen LogP contribution >= 0.6 is 0 Å². The Morgan fingerprint density at radius 3 is 1.73 bits per heavy atom. The lowest BCUT2D eigenvalue weighted by atomic mass is 10.3. The van der Waals surface area contributed by atoms with Gasteiger partial charge in [-0.3, -0.25) is 0 Å². The van der Waals surface area contributed by atoms with E-state index in [1.165, 1.54) is 19.2 Å². The highest BCUT2D eigenvalue weighted by atomic mass is 32.2. The van der Waals surface area contributed by atoms with E-state index in [1.807, 2.05) is 43.3 Å². The summed E-state index contributed by atoms with van der Waals surface area (Å²) in [6, 6.07) is 13.9. The monoisotopic (exact) mass is 318 g/mol. The normalized spacial score (nSPS) is 11.8. The van der Waals surface area contributed by atoms with Crippen molar-refractivity contribution in [3.8, 4) is 0 Å². The van der Waals surface area contributed by atoms with E-state index in [0.717, 1.165) is 11.4 Å². The van der Waals surface area contributed by atoms with Crippen molar-refractivity contribution in [1.29, 1.82) is 0 Å². The second-order valence-electron chi connectivity index (χ2n) is 4.81. The zero-order valence-electron chi connectivity index (χ0n) is 12.7. The average molecular weight is 318 g/mol. The number of hydrogen-bond acceptors (Lipinski definition) is 5. The van der Waals surface area contributed by atoms with Gasteiger partial charge in [-0.25, -0.2) is 13.1 Å². The lowest BCUT2D eigenvalue weighted by Crippen LogP contribution is -2.18. The van der Waals surface area contributed by atoms with E-state index >= 15 is 0 Å². The van der Waals surface area contributed by atoms with Gasteiger partial charge in [-0.2, -0.15) is 10.2 Å². The van der Waals surface area contributed by atoms with Crippen LogP contribution in [0.2, 0.25) is 0 Å². The highest BCUT2D eigenvalue weighted by molar-refractivity contribution is 7.89. The predicted octanol–water partition coefficient (Wildman–Crippen LogP) is 3.08. The molecule has 0 atom stereocenters. The summed E-state index contributed by atoms with van der Waals surface area (Å²) in [6.45, 7) is 0. The van der Waals surface area contributed by atoms with Crippen molar-refractivity contribution < 1.29 is 8.42 Å². The summed E-state index contributed by atoms with van der Waals surface area (Å²) >= 11 is 0. The molecule has 0 aliphatic rings. The summed E-state index contributed by atoms with van der Waals surface area (Å²) in [4.78, 5) is 2.20. The number of sulfonamides is 1. The van der Waals surface area contributed by atoms with Crippen LogP contribution in [-0.4, -0.2) is 29.6 Å². The molecule has 2 aromatic rings. The Labute approximate surface area is 130 Å². The number of nitrogens with zero attached hydrogens (tertiary/aromatic N) is 3. The maximum absolute atomic E-state index is 11.6. The van der Waals surface area contributed by atoms with Gasteiger partial charge in [0.05, 0.1) is 16.3 Å². The molecule has 0 heterocycles. The molecule has 1 N–H and O–H groups in total. The maximum Gasteiger partial charge on any atom is 0.240 e. The second kappa shape index (κ2) is 6.67. The van der Waals surface area contributed by atoms with E-state index in [2.05, 4.69) is 15.0 Å². The zero-order chi connectivity index (χ0) is 16.2. The van der Waals surface area contributed by atoms with Gasteiger partial charge in [0.2, 0.25) is 10.0 Å². The molecule has 0 radical (unpaired) electrons. The van der Waals surface area contributed by atoms with Gasteiger partial charge in [0.25, 0.3) is 0 Å². The first kappa shape index (κ1) is 16.1. The Morgan fingerprint density at radius 1 is 0.864 bits per heavy atom. The Hall–Kier alpha value is -2.25. The molecule has 6 nitrogen and oxygen atoms in total. The quantitative estimate of drug-likeness (QED) is 0.861. The number of azo groups is 1. The first-order valence-electron chi connectivity index (χ1n) is 6.65. The summed E-state index contributed by atoms with van der Waals surface area (Å²) < 4.78 is 25.5. The highest BCUT2D eigenvalue weighted by Gasteiger charge is 2.10. The van der Waals surface area contributed by atoms with Crippen LogP contribution < -0.4 is 9.62 Å². The van der Waals surface area contributed by atoms with Gasteiger partial charge in [-0.05, 0) is 55.6 Å². The SMILES string of the molecule is CNS(=O)(=O)c1ccc(N=Nc2ccc(N(C)C)cc2)cc1. The number of nitrogens with one attached hydrogen (secondary N) is 1. The molecule has 0 aliphatic carbocycles. The molecule has 0 saturated heterocycles. The molecule has 0 aromatic heterocycles. The van der Waals surface area contributed by atoms with Crippen LogP contribution in [-0.2, 0) is 10.0 Å². The van der Waals surface area contributed by atoms with Crippen LogP contribution in [0.3, 0.4) is 0 Å². The molecule has 0 amide bonds. The third-order valence-electron chi connectivity index (χ3n) is 3.06. The van der Waals surface area contributed by atoms with E-state index < -0.39 is 10.0 Å². The summed E-state index contributed by atoms with van der Waals surface area (Å²) in [5.74, 6) is 0. The lowest BCUT2D eigenvalue weighted by Gasteiger charge is -2.11. The number of anilines is 1. The molecule has 0 unspecified atom stereocenters. The Bertz CT molecular complexity index is 751. The summed E-state index contributed by atoms with van der Waals surface area (Å²) in [5.41, 5.74) is 2.41. The van der Waals surface area contributed by atoms with Crippen LogP contribution in [0.15, 0.2) is 63.7 Å². The third-order valence-corrected chi connectivity index (χ3v) is 4.49. The van der Waals surface area contributed by atoms with Gasteiger partial charge in [0, 0.05) is 19.8 Å². The smallest absolute Gasteiger partial charge is 0.240 e. The minimum Gasteiger partial charge on any atom is -0.378 e. The maximum atomic E-state index is 11.6.